The fourth-order valence-electron chi connectivity index (χ4n) is 4.54. The van der Waals surface area contributed by atoms with E-state index in [-0.39, 0.29) is 18.4 Å². The zero-order valence-corrected chi connectivity index (χ0v) is 19.4. The first kappa shape index (κ1) is 22.5. The lowest BCUT2D eigenvalue weighted by atomic mass is 9.97. The Kier molecular flexibility index (Phi) is 6.38. The summed E-state index contributed by atoms with van der Waals surface area (Å²) in [5.74, 6) is -0.633. The van der Waals surface area contributed by atoms with Crippen LogP contribution in [0.25, 0.3) is 5.57 Å². The molecule has 0 spiro atoms. The van der Waals surface area contributed by atoms with Crippen molar-refractivity contribution in [2.45, 2.75) is 20.8 Å². The molecule has 2 aromatic rings. The standard InChI is InChI=1S/C25H28ClN3O3/c1-16-7-8-19(17(2)15-16)22-23(28-11-9-27(10-12-28)13-14-30)25(32)29(24(22)31)21-6-4-5-20(26)18(21)3/h4-8,15,30H,9-14H2,1-3H3. The van der Waals surface area contributed by atoms with Crippen LogP contribution in [0.1, 0.15) is 22.3 Å². The van der Waals surface area contributed by atoms with Gasteiger partial charge in [0.25, 0.3) is 11.8 Å². The number of carbonyl (C=O) groups is 2. The Hall–Kier alpha value is -2.67. The van der Waals surface area contributed by atoms with Crippen LogP contribution in [0.15, 0.2) is 42.1 Å². The maximum atomic E-state index is 13.8. The van der Waals surface area contributed by atoms with Crippen molar-refractivity contribution in [3.05, 3.63) is 69.4 Å². The Bertz CT molecular complexity index is 1100. The number of nitrogens with zero attached hydrogens (tertiary/aromatic N) is 3. The van der Waals surface area contributed by atoms with Crippen molar-refractivity contribution in [1.82, 2.24) is 9.80 Å². The summed E-state index contributed by atoms with van der Waals surface area (Å²) in [6, 6.07) is 11.2. The minimum absolute atomic E-state index is 0.107. The monoisotopic (exact) mass is 453 g/mol. The molecular weight excluding hydrogens is 426 g/mol. The number of anilines is 1. The molecule has 32 heavy (non-hydrogen) atoms. The number of benzene rings is 2. The second-order valence-electron chi connectivity index (χ2n) is 8.42. The molecule has 4 rings (SSSR count). The third kappa shape index (κ3) is 3.94. The highest BCUT2D eigenvalue weighted by Crippen LogP contribution is 2.38. The van der Waals surface area contributed by atoms with Gasteiger partial charge in [0.15, 0.2) is 0 Å². The Morgan fingerprint density at radius 3 is 2.34 bits per heavy atom. The van der Waals surface area contributed by atoms with Crippen LogP contribution in [-0.2, 0) is 9.59 Å². The summed E-state index contributed by atoms with van der Waals surface area (Å²) < 4.78 is 0. The molecule has 2 amide bonds. The highest BCUT2D eigenvalue weighted by Gasteiger charge is 2.44. The van der Waals surface area contributed by atoms with Gasteiger partial charge in [-0.25, -0.2) is 4.90 Å². The van der Waals surface area contributed by atoms with Gasteiger partial charge in [0, 0.05) is 37.7 Å². The van der Waals surface area contributed by atoms with Crippen LogP contribution in [0, 0.1) is 20.8 Å². The summed E-state index contributed by atoms with van der Waals surface area (Å²) in [6.07, 6.45) is 0. The number of halogens is 1. The molecule has 0 bridgehead atoms. The van der Waals surface area contributed by atoms with E-state index in [1.807, 2.05) is 43.9 Å². The molecule has 1 N–H and O–H groups in total. The zero-order chi connectivity index (χ0) is 23.0. The average molecular weight is 454 g/mol. The Balaban J connectivity index is 1.81. The van der Waals surface area contributed by atoms with Crippen LogP contribution >= 0.6 is 11.6 Å². The van der Waals surface area contributed by atoms with E-state index in [1.165, 1.54) is 4.90 Å². The van der Waals surface area contributed by atoms with Crippen LogP contribution in [0.2, 0.25) is 5.02 Å². The quantitative estimate of drug-likeness (QED) is 0.704. The van der Waals surface area contributed by atoms with Crippen LogP contribution in [-0.4, -0.2) is 66.1 Å². The number of aliphatic hydroxyl groups excluding tert-OH is 1. The molecule has 1 saturated heterocycles. The minimum atomic E-state index is -0.319. The number of carbonyl (C=O) groups excluding carboxylic acids is 2. The molecule has 0 unspecified atom stereocenters. The molecule has 7 heteroatoms. The Labute approximate surface area is 193 Å². The normalized spacial score (nSPS) is 17.7. The number of aryl methyl sites for hydroxylation is 2. The van der Waals surface area contributed by atoms with Gasteiger partial charge in [0.05, 0.1) is 17.9 Å². The number of piperazine rings is 1. The highest BCUT2D eigenvalue weighted by molar-refractivity contribution is 6.46. The van der Waals surface area contributed by atoms with Gasteiger partial charge in [-0.05, 0) is 49.6 Å². The molecule has 0 aliphatic carbocycles. The van der Waals surface area contributed by atoms with Crippen molar-refractivity contribution in [3.63, 3.8) is 0 Å². The third-order valence-corrected chi connectivity index (χ3v) is 6.70. The largest absolute Gasteiger partial charge is 0.395 e. The number of amides is 2. The summed E-state index contributed by atoms with van der Waals surface area (Å²) >= 11 is 6.32. The summed E-state index contributed by atoms with van der Waals surface area (Å²) in [5.41, 5.74) is 4.96. The molecule has 0 atom stereocenters. The number of β-amino-alcohol motifs (C(OH)–C–C–N with tert-alkyl or cyclic N) is 1. The zero-order valence-electron chi connectivity index (χ0n) is 18.7. The van der Waals surface area contributed by atoms with E-state index in [0.717, 1.165) is 29.8 Å². The SMILES string of the molecule is Cc1ccc(C2=C(N3CCN(CCO)CC3)C(=O)N(c3cccc(Cl)c3C)C2=O)c(C)c1. The number of imide groups is 1. The predicted octanol–water partition coefficient (Wildman–Crippen LogP) is 3.16. The van der Waals surface area contributed by atoms with Crippen LogP contribution in [0.3, 0.4) is 0 Å². The van der Waals surface area contributed by atoms with Crippen LogP contribution < -0.4 is 4.90 Å². The van der Waals surface area contributed by atoms with Crippen molar-refractivity contribution in [2.75, 3.05) is 44.2 Å². The van der Waals surface area contributed by atoms with Gasteiger partial charge in [-0.15, -0.1) is 0 Å². The molecule has 0 saturated carbocycles. The average Bonchev–Trinajstić information content (AvgIpc) is 3.01. The summed E-state index contributed by atoms with van der Waals surface area (Å²) in [5, 5.41) is 9.76. The molecule has 2 aliphatic heterocycles. The first-order valence-electron chi connectivity index (χ1n) is 10.9. The highest BCUT2D eigenvalue weighted by atomic mass is 35.5. The van der Waals surface area contributed by atoms with E-state index < -0.39 is 0 Å². The molecule has 168 valence electrons. The first-order valence-corrected chi connectivity index (χ1v) is 11.2. The number of aliphatic hydroxyl groups is 1. The van der Waals surface area contributed by atoms with Crippen molar-refractivity contribution < 1.29 is 14.7 Å². The van der Waals surface area contributed by atoms with Gasteiger partial charge in [-0.2, -0.15) is 0 Å². The lowest BCUT2D eigenvalue weighted by Crippen LogP contribution is -2.48. The van der Waals surface area contributed by atoms with Gasteiger partial charge < -0.3 is 10.0 Å². The van der Waals surface area contributed by atoms with Crippen molar-refractivity contribution in [2.24, 2.45) is 0 Å². The van der Waals surface area contributed by atoms with E-state index in [9.17, 15) is 14.7 Å². The van der Waals surface area contributed by atoms with Crippen molar-refractivity contribution >= 4 is 34.7 Å². The Morgan fingerprint density at radius 1 is 0.969 bits per heavy atom. The topological polar surface area (TPSA) is 64.1 Å². The van der Waals surface area contributed by atoms with E-state index in [4.69, 9.17) is 11.6 Å². The van der Waals surface area contributed by atoms with Gasteiger partial charge in [0.2, 0.25) is 0 Å². The van der Waals surface area contributed by atoms with Crippen LogP contribution in [0.5, 0.6) is 0 Å². The van der Waals surface area contributed by atoms with E-state index in [1.54, 1.807) is 18.2 Å². The summed E-state index contributed by atoms with van der Waals surface area (Å²) in [4.78, 5) is 33.0. The number of hydrogen-bond donors (Lipinski definition) is 1. The molecule has 2 aliphatic rings. The minimum Gasteiger partial charge on any atom is -0.395 e. The second-order valence-corrected chi connectivity index (χ2v) is 8.83. The van der Waals surface area contributed by atoms with Gasteiger partial charge in [0.1, 0.15) is 5.70 Å². The van der Waals surface area contributed by atoms with Gasteiger partial charge >= 0.3 is 0 Å². The molecule has 2 heterocycles. The fourth-order valence-corrected chi connectivity index (χ4v) is 4.71. The maximum absolute atomic E-state index is 13.8. The van der Waals surface area contributed by atoms with Gasteiger partial charge in [-0.1, -0.05) is 41.4 Å². The molecule has 6 nitrogen and oxygen atoms in total. The van der Waals surface area contributed by atoms with Gasteiger partial charge in [-0.3, -0.25) is 14.5 Å². The van der Waals surface area contributed by atoms with Crippen molar-refractivity contribution in [3.8, 4) is 0 Å². The Morgan fingerprint density at radius 2 is 1.69 bits per heavy atom. The third-order valence-electron chi connectivity index (χ3n) is 6.30. The molecule has 1 fully saturated rings. The number of hydrogen-bond acceptors (Lipinski definition) is 5. The lowest BCUT2D eigenvalue weighted by molar-refractivity contribution is -0.120. The van der Waals surface area contributed by atoms with E-state index in [2.05, 4.69) is 4.90 Å². The predicted molar refractivity (Wildman–Crippen MR) is 127 cm³/mol. The summed E-state index contributed by atoms with van der Waals surface area (Å²) in [7, 11) is 0. The molecule has 0 radical (unpaired) electrons. The number of rotatable bonds is 5. The maximum Gasteiger partial charge on any atom is 0.282 e. The molecule has 2 aromatic carbocycles. The summed E-state index contributed by atoms with van der Waals surface area (Å²) in [6.45, 7) is 9.20. The molecule has 0 aromatic heterocycles. The van der Waals surface area contributed by atoms with E-state index >= 15 is 0 Å². The second kappa shape index (κ2) is 9.06. The van der Waals surface area contributed by atoms with Crippen molar-refractivity contribution in [1.29, 1.82) is 0 Å². The smallest absolute Gasteiger partial charge is 0.282 e. The lowest BCUT2D eigenvalue weighted by Gasteiger charge is -2.36. The first-order chi connectivity index (χ1) is 15.3. The fraction of sp³-hybridized carbons (Fsp3) is 0.360. The van der Waals surface area contributed by atoms with Crippen LogP contribution in [0.4, 0.5) is 5.69 Å². The van der Waals surface area contributed by atoms with E-state index in [0.29, 0.717) is 47.2 Å². The molecular formula is C25H28ClN3O3.